The molecule has 1 aliphatic rings. The van der Waals surface area contributed by atoms with Gasteiger partial charge in [0.25, 0.3) is 0 Å². The van der Waals surface area contributed by atoms with Gasteiger partial charge in [0.05, 0.1) is 18.1 Å². The number of benzene rings is 1. The first-order valence-electron chi connectivity index (χ1n) is 6.04. The molecule has 1 aliphatic heterocycles. The third-order valence-electron chi connectivity index (χ3n) is 2.73. The maximum Gasteiger partial charge on any atom is 0.161 e. The van der Waals surface area contributed by atoms with Crippen LogP contribution in [-0.2, 0) is 0 Å². The minimum Gasteiger partial charge on any atom is -0.496 e. The number of hydrogen-bond donors (Lipinski definition) is 1. The number of hydrogen-bond acceptors (Lipinski definition) is 4. The summed E-state index contributed by atoms with van der Waals surface area (Å²) in [5.41, 5.74) is 1.03. The first kappa shape index (κ1) is 13.7. The number of anilines is 1. The summed E-state index contributed by atoms with van der Waals surface area (Å²) < 4.78 is 6.16. The number of nitrogens with one attached hydrogen (secondary N) is 1. The van der Waals surface area contributed by atoms with Gasteiger partial charge in [-0.2, -0.15) is 0 Å². The highest BCUT2D eigenvalue weighted by Crippen LogP contribution is 2.30. The second-order valence-corrected chi connectivity index (χ2v) is 6.29. The van der Waals surface area contributed by atoms with Crippen LogP contribution >= 0.6 is 27.7 Å². The van der Waals surface area contributed by atoms with Crippen LogP contribution in [0.5, 0.6) is 5.75 Å². The number of halogens is 1. The Kier molecular flexibility index (Phi) is 4.95. The van der Waals surface area contributed by atoms with Crippen LogP contribution in [0.3, 0.4) is 0 Å². The Morgan fingerprint density at radius 3 is 3.06 bits per heavy atom. The molecule has 1 atom stereocenters. The van der Waals surface area contributed by atoms with Crippen molar-refractivity contribution in [3.63, 3.8) is 0 Å². The van der Waals surface area contributed by atoms with Gasteiger partial charge in [-0.3, -0.25) is 4.99 Å². The van der Waals surface area contributed by atoms with E-state index in [2.05, 4.69) is 33.2 Å². The van der Waals surface area contributed by atoms with Crippen molar-refractivity contribution in [2.24, 2.45) is 4.99 Å². The summed E-state index contributed by atoms with van der Waals surface area (Å²) in [6.07, 6.45) is 2.44. The summed E-state index contributed by atoms with van der Waals surface area (Å²) in [6, 6.07) is 5.95. The Morgan fingerprint density at radius 2 is 2.39 bits per heavy atom. The molecule has 1 aromatic rings. The Hall–Kier alpha value is -0.680. The van der Waals surface area contributed by atoms with E-state index in [1.165, 1.54) is 12.8 Å². The van der Waals surface area contributed by atoms with Gasteiger partial charge in [0, 0.05) is 10.9 Å². The highest BCUT2D eigenvalue weighted by Gasteiger charge is 2.18. The molecule has 0 aromatic heterocycles. The van der Waals surface area contributed by atoms with Crippen molar-refractivity contribution in [3.8, 4) is 5.75 Å². The molecule has 98 valence electrons. The molecular weight excluding hydrogens is 312 g/mol. The smallest absolute Gasteiger partial charge is 0.161 e. The SMILES string of the molecule is CCCC1CN=C(Nc2ccc(OC)c(Br)c2)S1. The molecule has 0 saturated carbocycles. The molecule has 1 unspecified atom stereocenters. The van der Waals surface area contributed by atoms with E-state index < -0.39 is 0 Å². The van der Waals surface area contributed by atoms with Crippen molar-refractivity contribution in [1.29, 1.82) is 0 Å². The number of amidine groups is 1. The van der Waals surface area contributed by atoms with Gasteiger partial charge in [0.15, 0.2) is 5.17 Å². The normalized spacial score (nSPS) is 18.6. The molecule has 0 amide bonds. The Bertz CT molecular complexity index is 451. The van der Waals surface area contributed by atoms with E-state index in [0.29, 0.717) is 5.25 Å². The van der Waals surface area contributed by atoms with Crippen molar-refractivity contribution >= 4 is 38.5 Å². The molecule has 5 heteroatoms. The Morgan fingerprint density at radius 1 is 1.56 bits per heavy atom. The minimum absolute atomic E-state index is 0.638. The average Bonchev–Trinajstić information content (AvgIpc) is 2.77. The van der Waals surface area contributed by atoms with E-state index in [9.17, 15) is 0 Å². The lowest BCUT2D eigenvalue weighted by Crippen LogP contribution is -2.07. The summed E-state index contributed by atoms with van der Waals surface area (Å²) in [5.74, 6) is 0.838. The molecule has 0 bridgehead atoms. The van der Waals surface area contributed by atoms with Crippen LogP contribution in [0.15, 0.2) is 27.7 Å². The number of methoxy groups -OCH3 is 1. The van der Waals surface area contributed by atoms with Crippen LogP contribution in [0.25, 0.3) is 0 Å². The molecular formula is C13H17BrN2OS. The fourth-order valence-electron chi connectivity index (χ4n) is 1.83. The van der Waals surface area contributed by atoms with Gasteiger partial charge in [-0.05, 0) is 40.5 Å². The van der Waals surface area contributed by atoms with E-state index in [1.807, 2.05) is 30.0 Å². The first-order chi connectivity index (χ1) is 8.72. The third kappa shape index (κ3) is 3.42. The molecule has 0 spiro atoms. The number of thioether (sulfide) groups is 1. The predicted molar refractivity (Wildman–Crippen MR) is 82.9 cm³/mol. The first-order valence-corrected chi connectivity index (χ1v) is 7.72. The van der Waals surface area contributed by atoms with Gasteiger partial charge < -0.3 is 10.1 Å². The van der Waals surface area contributed by atoms with Gasteiger partial charge in [0.1, 0.15) is 5.75 Å². The summed E-state index contributed by atoms with van der Waals surface area (Å²) >= 11 is 5.32. The fraction of sp³-hybridized carbons (Fsp3) is 0.462. The monoisotopic (exact) mass is 328 g/mol. The van der Waals surface area contributed by atoms with E-state index in [1.54, 1.807) is 7.11 Å². The molecule has 2 rings (SSSR count). The van der Waals surface area contributed by atoms with Crippen LogP contribution in [0.4, 0.5) is 5.69 Å². The van der Waals surface area contributed by atoms with Gasteiger partial charge in [0.2, 0.25) is 0 Å². The molecule has 0 aliphatic carbocycles. The standard InChI is InChI=1S/C13H17BrN2OS/c1-3-4-10-8-15-13(18-10)16-9-5-6-12(17-2)11(14)7-9/h5-7,10H,3-4,8H2,1-2H3,(H,15,16). The quantitative estimate of drug-likeness (QED) is 0.901. The van der Waals surface area contributed by atoms with Crippen molar-refractivity contribution in [3.05, 3.63) is 22.7 Å². The second kappa shape index (κ2) is 6.48. The minimum atomic E-state index is 0.638. The zero-order valence-electron chi connectivity index (χ0n) is 10.6. The molecule has 3 nitrogen and oxygen atoms in total. The molecule has 0 fully saturated rings. The van der Waals surface area contributed by atoms with Crippen molar-refractivity contribution in [2.45, 2.75) is 25.0 Å². The predicted octanol–water partition coefficient (Wildman–Crippen LogP) is 4.14. The number of nitrogens with zero attached hydrogens (tertiary/aromatic N) is 1. The Balaban J connectivity index is 1.96. The van der Waals surface area contributed by atoms with Gasteiger partial charge >= 0.3 is 0 Å². The van der Waals surface area contributed by atoms with Crippen LogP contribution in [0.1, 0.15) is 19.8 Å². The van der Waals surface area contributed by atoms with Crippen molar-refractivity contribution < 1.29 is 4.74 Å². The summed E-state index contributed by atoms with van der Waals surface area (Å²) in [6.45, 7) is 3.14. The summed E-state index contributed by atoms with van der Waals surface area (Å²) in [7, 11) is 1.67. The number of aliphatic imine (C=N–C) groups is 1. The van der Waals surface area contributed by atoms with E-state index in [-0.39, 0.29) is 0 Å². The largest absolute Gasteiger partial charge is 0.496 e. The van der Waals surface area contributed by atoms with Gasteiger partial charge in [-0.25, -0.2) is 0 Å². The molecule has 18 heavy (non-hydrogen) atoms. The topological polar surface area (TPSA) is 33.6 Å². The lowest BCUT2D eigenvalue weighted by Gasteiger charge is -2.09. The van der Waals surface area contributed by atoms with E-state index >= 15 is 0 Å². The van der Waals surface area contributed by atoms with Crippen LogP contribution < -0.4 is 10.1 Å². The van der Waals surface area contributed by atoms with Crippen LogP contribution in [0, 0.1) is 0 Å². The maximum atomic E-state index is 5.21. The zero-order chi connectivity index (χ0) is 13.0. The second-order valence-electron chi connectivity index (χ2n) is 4.15. The van der Waals surface area contributed by atoms with Crippen LogP contribution in [0.2, 0.25) is 0 Å². The summed E-state index contributed by atoms with van der Waals surface area (Å²) in [4.78, 5) is 4.53. The third-order valence-corrected chi connectivity index (χ3v) is 4.52. The van der Waals surface area contributed by atoms with Crippen LogP contribution in [-0.4, -0.2) is 24.1 Å². The van der Waals surface area contributed by atoms with Gasteiger partial charge in [-0.1, -0.05) is 25.1 Å². The molecule has 0 saturated heterocycles. The average molecular weight is 329 g/mol. The maximum absolute atomic E-state index is 5.21. The number of rotatable bonds is 4. The molecule has 1 N–H and O–H groups in total. The zero-order valence-corrected chi connectivity index (χ0v) is 13.0. The Labute approximate surface area is 121 Å². The highest BCUT2D eigenvalue weighted by atomic mass is 79.9. The molecule has 1 heterocycles. The van der Waals surface area contributed by atoms with Gasteiger partial charge in [-0.15, -0.1) is 0 Å². The lowest BCUT2D eigenvalue weighted by molar-refractivity contribution is 0.412. The highest BCUT2D eigenvalue weighted by molar-refractivity contribution is 9.10. The van der Waals surface area contributed by atoms with Crippen molar-refractivity contribution in [2.75, 3.05) is 19.0 Å². The van der Waals surface area contributed by atoms with Crippen molar-refractivity contribution in [1.82, 2.24) is 0 Å². The molecule has 1 aromatic carbocycles. The summed E-state index contributed by atoms with van der Waals surface area (Å²) in [5, 5.41) is 5.01. The fourth-order valence-corrected chi connectivity index (χ4v) is 3.51. The van der Waals surface area contributed by atoms with E-state index in [4.69, 9.17) is 4.74 Å². The van der Waals surface area contributed by atoms with E-state index in [0.717, 1.165) is 27.6 Å². The molecule has 0 radical (unpaired) electrons. The number of ether oxygens (including phenoxy) is 1. The lowest BCUT2D eigenvalue weighted by atomic mass is 10.2.